The lowest BCUT2D eigenvalue weighted by Gasteiger charge is -2.10. The largest absolute Gasteiger partial charge is 0.497 e. The van der Waals surface area contributed by atoms with E-state index in [1.165, 1.54) is 26.4 Å². The molecule has 3 nitrogen and oxygen atoms in total. The molecule has 0 spiro atoms. The molecule has 0 aliphatic rings. The average Bonchev–Trinajstić information content (AvgIpc) is 2.50. The minimum absolute atomic E-state index is 0.222. The summed E-state index contributed by atoms with van der Waals surface area (Å²) < 4.78 is 37.4. The summed E-state index contributed by atoms with van der Waals surface area (Å²) in [5.41, 5.74) is -0.0353. The van der Waals surface area contributed by atoms with E-state index in [1.807, 2.05) is 0 Å². The van der Waals surface area contributed by atoms with Gasteiger partial charge >= 0.3 is 0 Å². The number of carbonyl (C=O) groups is 1. The molecule has 0 N–H and O–H groups in total. The van der Waals surface area contributed by atoms with Gasteiger partial charge in [0.2, 0.25) is 0 Å². The first-order chi connectivity index (χ1) is 10.1. The van der Waals surface area contributed by atoms with Crippen molar-refractivity contribution in [1.82, 2.24) is 0 Å². The van der Waals surface area contributed by atoms with Crippen molar-refractivity contribution in [3.05, 3.63) is 59.2 Å². The van der Waals surface area contributed by atoms with Crippen molar-refractivity contribution in [2.75, 3.05) is 14.2 Å². The summed E-state index contributed by atoms with van der Waals surface area (Å²) in [5, 5.41) is 0. The summed E-state index contributed by atoms with van der Waals surface area (Å²) in [7, 11) is 2.88. The van der Waals surface area contributed by atoms with Crippen molar-refractivity contribution in [1.29, 1.82) is 0 Å². The number of hydrogen-bond donors (Lipinski definition) is 0. The third kappa shape index (κ3) is 3.18. The van der Waals surface area contributed by atoms with Crippen LogP contribution in [-0.4, -0.2) is 20.0 Å². The van der Waals surface area contributed by atoms with Gasteiger partial charge in [-0.2, -0.15) is 0 Å². The zero-order valence-electron chi connectivity index (χ0n) is 11.7. The lowest BCUT2D eigenvalue weighted by atomic mass is 10.0. The van der Waals surface area contributed by atoms with E-state index in [2.05, 4.69) is 0 Å². The van der Waals surface area contributed by atoms with Crippen molar-refractivity contribution >= 4 is 5.78 Å². The summed E-state index contributed by atoms with van der Waals surface area (Å²) in [6, 6.07) is 8.19. The number of halogens is 2. The van der Waals surface area contributed by atoms with E-state index < -0.39 is 17.4 Å². The lowest BCUT2D eigenvalue weighted by molar-refractivity contribution is 0.0987. The van der Waals surface area contributed by atoms with Crippen LogP contribution >= 0.6 is 0 Å². The molecule has 0 fully saturated rings. The minimum atomic E-state index is -0.745. The van der Waals surface area contributed by atoms with Gasteiger partial charge in [-0.05, 0) is 30.3 Å². The van der Waals surface area contributed by atoms with Crippen molar-refractivity contribution < 1.29 is 23.0 Å². The zero-order valence-corrected chi connectivity index (χ0v) is 11.7. The molecule has 110 valence electrons. The predicted octanol–water partition coefficient (Wildman–Crippen LogP) is 3.41. The second kappa shape index (κ2) is 6.35. The highest BCUT2D eigenvalue weighted by Crippen LogP contribution is 2.26. The molecule has 0 aliphatic heterocycles. The number of methoxy groups -OCH3 is 2. The molecule has 0 amide bonds. The Morgan fingerprint density at radius 1 is 1.05 bits per heavy atom. The molecule has 0 atom stereocenters. The Morgan fingerprint density at radius 3 is 2.29 bits per heavy atom. The third-order valence-electron chi connectivity index (χ3n) is 3.11. The van der Waals surface area contributed by atoms with Gasteiger partial charge in [0, 0.05) is 12.0 Å². The van der Waals surface area contributed by atoms with Crippen molar-refractivity contribution in [2.24, 2.45) is 0 Å². The van der Waals surface area contributed by atoms with Gasteiger partial charge in [-0.25, -0.2) is 8.78 Å². The second-order valence-electron chi connectivity index (χ2n) is 4.37. The van der Waals surface area contributed by atoms with Gasteiger partial charge in [0.25, 0.3) is 0 Å². The van der Waals surface area contributed by atoms with Crippen LogP contribution in [0, 0.1) is 11.6 Å². The van der Waals surface area contributed by atoms with Crippen molar-refractivity contribution in [3.8, 4) is 11.5 Å². The standard InChI is InChI=1S/C16H14F2O3/c1-20-10-6-7-16(21-2)12(8-10)15(19)9-11-13(17)4-3-5-14(11)18/h3-8H,9H2,1-2H3. The van der Waals surface area contributed by atoms with Gasteiger partial charge in [0.15, 0.2) is 5.78 Å². The molecule has 0 aliphatic carbocycles. The van der Waals surface area contributed by atoms with Crippen LogP contribution < -0.4 is 9.47 Å². The van der Waals surface area contributed by atoms with Gasteiger partial charge in [0.05, 0.1) is 19.8 Å². The average molecular weight is 292 g/mol. The summed E-state index contributed by atoms with van der Waals surface area (Å²) in [6.07, 6.45) is -0.387. The van der Waals surface area contributed by atoms with E-state index >= 15 is 0 Å². The van der Waals surface area contributed by atoms with Crippen molar-refractivity contribution in [3.63, 3.8) is 0 Å². The number of rotatable bonds is 5. The van der Waals surface area contributed by atoms with E-state index in [0.717, 1.165) is 12.1 Å². The Labute approximate surface area is 121 Å². The molecule has 0 bridgehead atoms. The molecule has 0 radical (unpaired) electrons. The van der Waals surface area contributed by atoms with Crippen LogP contribution in [0.2, 0.25) is 0 Å². The van der Waals surface area contributed by atoms with E-state index in [-0.39, 0.29) is 17.5 Å². The topological polar surface area (TPSA) is 35.5 Å². The Hall–Kier alpha value is -2.43. The fourth-order valence-corrected chi connectivity index (χ4v) is 1.99. The molecule has 0 saturated carbocycles. The number of carbonyl (C=O) groups excluding carboxylic acids is 1. The second-order valence-corrected chi connectivity index (χ2v) is 4.37. The van der Waals surface area contributed by atoms with E-state index in [0.29, 0.717) is 11.5 Å². The van der Waals surface area contributed by atoms with Crippen LogP contribution in [0.5, 0.6) is 11.5 Å². The molecule has 0 saturated heterocycles. The maximum atomic E-state index is 13.6. The van der Waals surface area contributed by atoms with Crippen LogP contribution in [0.15, 0.2) is 36.4 Å². The number of ketones is 1. The number of Topliss-reactive ketones (excluding diaryl/α,β-unsaturated/α-hetero) is 1. The first-order valence-electron chi connectivity index (χ1n) is 6.25. The Morgan fingerprint density at radius 2 is 1.71 bits per heavy atom. The molecule has 2 aromatic rings. The van der Waals surface area contributed by atoms with E-state index in [4.69, 9.17) is 9.47 Å². The van der Waals surface area contributed by atoms with Crippen LogP contribution in [0.3, 0.4) is 0 Å². The van der Waals surface area contributed by atoms with Gasteiger partial charge in [-0.3, -0.25) is 4.79 Å². The molecule has 0 unspecified atom stereocenters. The third-order valence-corrected chi connectivity index (χ3v) is 3.11. The number of ether oxygens (including phenoxy) is 2. The molecule has 2 aromatic carbocycles. The van der Waals surface area contributed by atoms with E-state index in [9.17, 15) is 13.6 Å². The van der Waals surface area contributed by atoms with Gasteiger partial charge in [-0.1, -0.05) is 6.07 Å². The molecular formula is C16H14F2O3. The quantitative estimate of drug-likeness (QED) is 0.792. The fourth-order valence-electron chi connectivity index (χ4n) is 1.99. The van der Waals surface area contributed by atoms with Crippen LogP contribution in [-0.2, 0) is 6.42 Å². The Kier molecular flexibility index (Phi) is 4.52. The molecule has 0 aromatic heterocycles. The highest BCUT2D eigenvalue weighted by molar-refractivity contribution is 6.00. The van der Waals surface area contributed by atoms with Crippen LogP contribution in [0.1, 0.15) is 15.9 Å². The molecule has 2 rings (SSSR count). The molecule has 0 heterocycles. The van der Waals surface area contributed by atoms with Gasteiger partial charge in [-0.15, -0.1) is 0 Å². The maximum Gasteiger partial charge on any atom is 0.171 e. The summed E-state index contributed by atoms with van der Waals surface area (Å²) in [6.45, 7) is 0. The van der Waals surface area contributed by atoms with Crippen molar-refractivity contribution in [2.45, 2.75) is 6.42 Å². The first-order valence-corrected chi connectivity index (χ1v) is 6.25. The highest BCUT2D eigenvalue weighted by atomic mass is 19.1. The smallest absolute Gasteiger partial charge is 0.171 e. The molecule has 5 heteroatoms. The molecule has 21 heavy (non-hydrogen) atoms. The SMILES string of the molecule is COc1ccc(OC)c(C(=O)Cc2c(F)cccc2F)c1. The Bertz CT molecular complexity index is 648. The summed E-state index contributed by atoms with van der Waals surface area (Å²) in [5.74, 6) is -1.14. The summed E-state index contributed by atoms with van der Waals surface area (Å²) in [4.78, 5) is 12.3. The number of hydrogen-bond acceptors (Lipinski definition) is 3. The Balaban J connectivity index is 2.36. The number of benzene rings is 2. The predicted molar refractivity (Wildman–Crippen MR) is 73.9 cm³/mol. The van der Waals surface area contributed by atoms with Crippen LogP contribution in [0.25, 0.3) is 0 Å². The lowest BCUT2D eigenvalue weighted by Crippen LogP contribution is -2.09. The monoisotopic (exact) mass is 292 g/mol. The normalized spacial score (nSPS) is 10.3. The summed E-state index contributed by atoms with van der Waals surface area (Å²) >= 11 is 0. The van der Waals surface area contributed by atoms with Crippen LogP contribution in [0.4, 0.5) is 8.78 Å². The fraction of sp³-hybridized carbons (Fsp3) is 0.188. The molecular weight excluding hydrogens is 278 g/mol. The zero-order chi connectivity index (χ0) is 15.4. The minimum Gasteiger partial charge on any atom is -0.497 e. The van der Waals surface area contributed by atoms with Gasteiger partial charge < -0.3 is 9.47 Å². The highest BCUT2D eigenvalue weighted by Gasteiger charge is 2.18. The first kappa shape index (κ1) is 15.0. The van der Waals surface area contributed by atoms with E-state index in [1.54, 1.807) is 12.1 Å². The maximum absolute atomic E-state index is 13.6. The van der Waals surface area contributed by atoms with Gasteiger partial charge in [0.1, 0.15) is 23.1 Å².